The second kappa shape index (κ2) is 7.64. The molecule has 6 nitrogen and oxygen atoms in total. The fourth-order valence-electron chi connectivity index (χ4n) is 2.57. The minimum Gasteiger partial charge on any atom is -0.480 e. The van der Waals surface area contributed by atoms with Gasteiger partial charge in [0.25, 0.3) is 0 Å². The molecule has 1 aliphatic rings. The Morgan fingerprint density at radius 3 is 2.57 bits per heavy atom. The zero-order chi connectivity index (χ0) is 16.0. The Morgan fingerprint density at radius 1 is 1.38 bits per heavy atom. The van der Waals surface area contributed by atoms with Crippen molar-refractivity contribution in [3.8, 4) is 0 Å². The summed E-state index contributed by atoms with van der Waals surface area (Å²) < 4.78 is 5.40. The Morgan fingerprint density at radius 2 is 2.05 bits per heavy atom. The third kappa shape index (κ3) is 6.80. The van der Waals surface area contributed by atoms with E-state index in [0.29, 0.717) is 25.6 Å². The van der Waals surface area contributed by atoms with Crippen molar-refractivity contribution < 1.29 is 19.4 Å². The Bertz CT molecular complexity index is 365. The maximum absolute atomic E-state index is 12.1. The first kappa shape index (κ1) is 17.8. The molecule has 0 aromatic carbocycles. The average molecular weight is 300 g/mol. The molecule has 21 heavy (non-hydrogen) atoms. The Labute approximate surface area is 127 Å². The molecule has 0 aliphatic carbocycles. The number of ether oxygens (including phenoxy) is 1. The largest absolute Gasteiger partial charge is 0.480 e. The van der Waals surface area contributed by atoms with E-state index in [1.54, 1.807) is 4.90 Å². The molecule has 0 radical (unpaired) electrons. The van der Waals surface area contributed by atoms with Gasteiger partial charge in [0.15, 0.2) is 0 Å². The molecule has 122 valence electrons. The van der Waals surface area contributed by atoms with E-state index in [4.69, 9.17) is 9.84 Å². The number of carbonyl (C=O) groups excluding carboxylic acids is 1. The van der Waals surface area contributed by atoms with E-state index in [0.717, 1.165) is 19.4 Å². The second-order valence-electron chi connectivity index (χ2n) is 6.66. The monoisotopic (exact) mass is 300 g/mol. The van der Waals surface area contributed by atoms with E-state index >= 15 is 0 Å². The lowest BCUT2D eigenvalue weighted by molar-refractivity contribution is -0.138. The Hall–Kier alpha value is -1.30. The maximum atomic E-state index is 12.1. The molecule has 1 atom stereocenters. The summed E-state index contributed by atoms with van der Waals surface area (Å²) in [7, 11) is 0. The van der Waals surface area contributed by atoms with Crippen LogP contribution in [0.1, 0.15) is 40.5 Å². The Balaban J connectivity index is 2.51. The van der Waals surface area contributed by atoms with Crippen LogP contribution in [-0.2, 0) is 9.53 Å². The number of piperidine rings is 1. The number of likely N-dealkylation sites (tertiary alicyclic amines) is 1. The van der Waals surface area contributed by atoms with Crippen LogP contribution in [0, 0.1) is 5.92 Å². The van der Waals surface area contributed by atoms with E-state index in [9.17, 15) is 9.59 Å². The quantitative estimate of drug-likeness (QED) is 0.841. The van der Waals surface area contributed by atoms with Gasteiger partial charge in [0.05, 0.1) is 6.54 Å². The molecule has 0 aromatic rings. The maximum Gasteiger partial charge on any atom is 0.410 e. The van der Waals surface area contributed by atoms with Gasteiger partial charge < -0.3 is 14.7 Å². The van der Waals surface area contributed by atoms with Gasteiger partial charge >= 0.3 is 12.1 Å². The van der Waals surface area contributed by atoms with Crippen LogP contribution in [0.15, 0.2) is 0 Å². The van der Waals surface area contributed by atoms with Gasteiger partial charge in [-0.05, 0) is 46.1 Å². The number of amides is 1. The van der Waals surface area contributed by atoms with Crippen molar-refractivity contribution >= 4 is 12.1 Å². The summed E-state index contributed by atoms with van der Waals surface area (Å²) in [5, 5.41) is 8.89. The number of aliphatic carboxylic acids is 1. The van der Waals surface area contributed by atoms with Gasteiger partial charge in [-0.25, -0.2) is 4.79 Å². The van der Waals surface area contributed by atoms with Gasteiger partial charge in [-0.2, -0.15) is 0 Å². The van der Waals surface area contributed by atoms with Gasteiger partial charge in [0.2, 0.25) is 0 Å². The molecule has 1 heterocycles. The number of nitrogens with zero attached hydrogens (tertiary/aromatic N) is 2. The van der Waals surface area contributed by atoms with Crippen LogP contribution >= 0.6 is 0 Å². The highest BCUT2D eigenvalue weighted by atomic mass is 16.6. The van der Waals surface area contributed by atoms with Crippen molar-refractivity contribution in [1.82, 2.24) is 9.80 Å². The normalized spacial score (nSPS) is 19.7. The minimum absolute atomic E-state index is 0.0550. The molecule has 6 heteroatoms. The molecule has 1 rings (SSSR count). The predicted octanol–water partition coefficient (Wildman–Crippen LogP) is 2.04. The predicted molar refractivity (Wildman–Crippen MR) is 80.3 cm³/mol. The number of carbonyl (C=O) groups is 2. The first-order valence-electron chi connectivity index (χ1n) is 7.63. The number of hydrogen-bond donors (Lipinski definition) is 1. The third-order valence-electron chi connectivity index (χ3n) is 3.49. The van der Waals surface area contributed by atoms with E-state index in [-0.39, 0.29) is 12.6 Å². The van der Waals surface area contributed by atoms with Crippen molar-refractivity contribution in [2.75, 3.05) is 32.7 Å². The Kier molecular flexibility index (Phi) is 6.45. The van der Waals surface area contributed by atoms with Crippen molar-refractivity contribution in [3.63, 3.8) is 0 Å². The van der Waals surface area contributed by atoms with Crippen LogP contribution in [0.25, 0.3) is 0 Å². The molecule has 1 amide bonds. The highest BCUT2D eigenvalue weighted by Crippen LogP contribution is 2.20. The molecule has 0 unspecified atom stereocenters. The first-order valence-corrected chi connectivity index (χ1v) is 7.63. The zero-order valence-corrected chi connectivity index (χ0v) is 13.6. The van der Waals surface area contributed by atoms with Crippen LogP contribution in [0.4, 0.5) is 4.79 Å². The van der Waals surface area contributed by atoms with Crippen molar-refractivity contribution in [2.24, 2.45) is 5.92 Å². The summed E-state index contributed by atoms with van der Waals surface area (Å²) in [6, 6.07) is 0. The van der Waals surface area contributed by atoms with Crippen molar-refractivity contribution in [3.05, 3.63) is 0 Å². The third-order valence-corrected chi connectivity index (χ3v) is 3.49. The lowest BCUT2D eigenvalue weighted by Gasteiger charge is -2.35. The molecule has 1 aliphatic heterocycles. The molecule has 0 spiro atoms. The molecule has 0 bridgehead atoms. The second-order valence-corrected chi connectivity index (χ2v) is 6.66. The van der Waals surface area contributed by atoms with Crippen LogP contribution in [0.2, 0.25) is 0 Å². The number of likely N-dealkylation sites (N-methyl/N-ethyl adjacent to an activating group) is 1. The molecular weight excluding hydrogens is 272 g/mol. The van der Waals surface area contributed by atoms with E-state index in [1.807, 2.05) is 32.6 Å². The van der Waals surface area contributed by atoms with Gasteiger partial charge in [0.1, 0.15) is 5.60 Å². The van der Waals surface area contributed by atoms with Crippen LogP contribution in [-0.4, -0.2) is 65.3 Å². The van der Waals surface area contributed by atoms with Gasteiger partial charge in [-0.15, -0.1) is 0 Å². The number of carboxylic acids is 1. The van der Waals surface area contributed by atoms with E-state index < -0.39 is 11.6 Å². The van der Waals surface area contributed by atoms with Gasteiger partial charge in [0, 0.05) is 19.6 Å². The van der Waals surface area contributed by atoms with Gasteiger partial charge in [-0.1, -0.05) is 6.92 Å². The van der Waals surface area contributed by atoms with Crippen LogP contribution in [0.3, 0.4) is 0 Å². The average Bonchev–Trinajstić information content (AvgIpc) is 2.35. The summed E-state index contributed by atoms with van der Waals surface area (Å²) in [6.07, 6.45) is 1.69. The summed E-state index contributed by atoms with van der Waals surface area (Å²) >= 11 is 0. The van der Waals surface area contributed by atoms with E-state index in [1.165, 1.54) is 0 Å². The number of hydrogen-bond acceptors (Lipinski definition) is 4. The number of carboxylic acid groups (broad SMARTS) is 1. The fraction of sp³-hybridized carbons (Fsp3) is 0.867. The smallest absolute Gasteiger partial charge is 0.410 e. The molecule has 0 saturated carbocycles. The molecular formula is C15H28N2O4. The lowest BCUT2D eigenvalue weighted by Crippen LogP contribution is -2.46. The molecule has 1 fully saturated rings. The van der Waals surface area contributed by atoms with Crippen molar-refractivity contribution in [2.45, 2.75) is 46.1 Å². The van der Waals surface area contributed by atoms with Crippen LogP contribution < -0.4 is 0 Å². The summed E-state index contributed by atoms with van der Waals surface area (Å²) in [5.41, 5.74) is -0.483. The molecule has 1 saturated heterocycles. The topological polar surface area (TPSA) is 70.1 Å². The number of rotatable bonds is 5. The summed E-state index contributed by atoms with van der Waals surface area (Å²) in [4.78, 5) is 26.6. The zero-order valence-electron chi connectivity index (χ0n) is 13.6. The highest BCUT2D eigenvalue weighted by molar-refractivity contribution is 5.69. The highest BCUT2D eigenvalue weighted by Gasteiger charge is 2.28. The van der Waals surface area contributed by atoms with Crippen LogP contribution in [0.5, 0.6) is 0 Å². The first-order chi connectivity index (χ1) is 9.71. The summed E-state index contributed by atoms with van der Waals surface area (Å²) in [5.74, 6) is -0.498. The minimum atomic E-state index is -0.809. The summed E-state index contributed by atoms with van der Waals surface area (Å²) in [6.45, 7) is 10.4. The SMILES string of the molecule is CCN(CC(=O)O)C[C@H]1CCCN(C(=O)OC(C)(C)C)C1. The van der Waals surface area contributed by atoms with E-state index in [2.05, 4.69) is 0 Å². The van der Waals surface area contributed by atoms with Gasteiger partial charge in [-0.3, -0.25) is 9.69 Å². The molecule has 0 aromatic heterocycles. The van der Waals surface area contributed by atoms with Crippen molar-refractivity contribution in [1.29, 1.82) is 0 Å². The fourth-order valence-corrected chi connectivity index (χ4v) is 2.57. The molecule has 1 N–H and O–H groups in total. The lowest BCUT2D eigenvalue weighted by atomic mass is 9.97. The standard InChI is InChI=1S/C15H28N2O4/c1-5-16(11-13(18)19)9-12-7-6-8-17(10-12)14(20)21-15(2,3)4/h12H,5-11H2,1-4H3,(H,18,19)/t12-/m1/s1.